The summed E-state index contributed by atoms with van der Waals surface area (Å²) in [5.74, 6) is -1.01. The van der Waals surface area contributed by atoms with Gasteiger partial charge in [-0.05, 0) is 12.8 Å². The Bertz CT molecular complexity index is 641. The SMILES string of the molecule is O=C(O)CC1(NC(=O)Cc2cn3ccsc3n2)CCCC1. The Morgan fingerprint density at radius 2 is 2.19 bits per heavy atom. The van der Waals surface area contributed by atoms with E-state index in [9.17, 15) is 9.59 Å². The molecule has 2 N–H and O–H groups in total. The van der Waals surface area contributed by atoms with Gasteiger partial charge in [0, 0.05) is 17.8 Å². The molecule has 21 heavy (non-hydrogen) atoms. The van der Waals surface area contributed by atoms with Crippen molar-refractivity contribution >= 4 is 28.2 Å². The van der Waals surface area contributed by atoms with Gasteiger partial charge >= 0.3 is 5.97 Å². The molecule has 2 heterocycles. The zero-order chi connectivity index (χ0) is 14.9. The van der Waals surface area contributed by atoms with Gasteiger partial charge in [0.1, 0.15) is 0 Å². The second-order valence-corrected chi connectivity index (χ2v) is 6.48. The van der Waals surface area contributed by atoms with Crippen LogP contribution >= 0.6 is 11.3 Å². The molecule has 2 aromatic rings. The van der Waals surface area contributed by atoms with Crippen LogP contribution in [-0.4, -0.2) is 31.9 Å². The number of carbonyl (C=O) groups excluding carboxylic acids is 1. The highest BCUT2D eigenvalue weighted by Crippen LogP contribution is 2.32. The van der Waals surface area contributed by atoms with Gasteiger partial charge in [-0.2, -0.15) is 0 Å². The number of hydrogen-bond acceptors (Lipinski definition) is 4. The van der Waals surface area contributed by atoms with Crippen molar-refractivity contribution in [2.75, 3.05) is 0 Å². The van der Waals surface area contributed by atoms with Gasteiger partial charge in [-0.15, -0.1) is 11.3 Å². The van der Waals surface area contributed by atoms with Crippen LogP contribution in [0.3, 0.4) is 0 Å². The van der Waals surface area contributed by atoms with Crippen LogP contribution in [0.25, 0.3) is 4.96 Å². The van der Waals surface area contributed by atoms with Crippen molar-refractivity contribution in [3.63, 3.8) is 0 Å². The molecule has 6 nitrogen and oxygen atoms in total. The van der Waals surface area contributed by atoms with E-state index in [0.717, 1.165) is 30.6 Å². The lowest BCUT2D eigenvalue weighted by molar-refractivity contribution is -0.139. The third-order valence-corrected chi connectivity index (χ3v) is 4.71. The Balaban J connectivity index is 1.67. The molecule has 1 saturated carbocycles. The van der Waals surface area contributed by atoms with Gasteiger partial charge in [0.2, 0.25) is 5.91 Å². The topological polar surface area (TPSA) is 83.7 Å². The van der Waals surface area contributed by atoms with Crippen LogP contribution in [0.1, 0.15) is 37.8 Å². The van der Waals surface area contributed by atoms with E-state index in [1.165, 1.54) is 11.3 Å². The summed E-state index contributed by atoms with van der Waals surface area (Å²) >= 11 is 1.52. The second kappa shape index (κ2) is 5.48. The van der Waals surface area contributed by atoms with Gasteiger partial charge < -0.3 is 10.4 Å². The van der Waals surface area contributed by atoms with Crippen molar-refractivity contribution < 1.29 is 14.7 Å². The molecule has 0 spiro atoms. The number of aliphatic carboxylic acids is 1. The van der Waals surface area contributed by atoms with E-state index in [0.29, 0.717) is 5.69 Å². The first kappa shape index (κ1) is 14.1. The predicted octanol–water partition coefficient (Wildman–Crippen LogP) is 1.84. The molecule has 0 aromatic carbocycles. The van der Waals surface area contributed by atoms with Gasteiger partial charge in [0.25, 0.3) is 0 Å². The Kier molecular flexibility index (Phi) is 3.67. The van der Waals surface area contributed by atoms with Crippen LogP contribution in [0, 0.1) is 0 Å². The molecule has 1 aliphatic carbocycles. The summed E-state index contributed by atoms with van der Waals surface area (Å²) in [5, 5.41) is 13.9. The second-order valence-electron chi connectivity index (χ2n) is 5.61. The molecular weight excluding hydrogens is 290 g/mol. The first-order valence-electron chi connectivity index (χ1n) is 7.00. The Labute approximate surface area is 125 Å². The number of fused-ring (bicyclic) bond motifs is 1. The number of amides is 1. The smallest absolute Gasteiger partial charge is 0.305 e. The van der Waals surface area contributed by atoms with E-state index in [-0.39, 0.29) is 18.7 Å². The highest BCUT2D eigenvalue weighted by molar-refractivity contribution is 7.15. The summed E-state index contributed by atoms with van der Waals surface area (Å²) < 4.78 is 1.88. The van der Waals surface area contributed by atoms with Crippen LogP contribution in [0.5, 0.6) is 0 Å². The first-order chi connectivity index (χ1) is 10.1. The number of imidazole rings is 1. The number of aromatic nitrogens is 2. The van der Waals surface area contributed by atoms with E-state index < -0.39 is 11.5 Å². The summed E-state index contributed by atoms with van der Waals surface area (Å²) in [6.45, 7) is 0. The fourth-order valence-electron chi connectivity index (χ4n) is 3.05. The molecule has 2 aromatic heterocycles. The summed E-state index contributed by atoms with van der Waals surface area (Å²) in [6.07, 6.45) is 7.34. The Hall–Kier alpha value is -1.89. The maximum absolute atomic E-state index is 12.2. The minimum absolute atomic E-state index is 0.00296. The number of carbonyl (C=O) groups is 2. The number of nitrogens with one attached hydrogen (secondary N) is 1. The van der Waals surface area contributed by atoms with Crippen LogP contribution in [0.15, 0.2) is 17.8 Å². The maximum Gasteiger partial charge on any atom is 0.305 e. The molecule has 0 saturated heterocycles. The molecule has 1 amide bonds. The average molecular weight is 307 g/mol. The highest BCUT2D eigenvalue weighted by atomic mass is 32.1. The van der Waals surface area contributed by atoms with Gasteiger partial charge in [-0.25, -0.2) is 4.98 Å². The Morgan fingerprint density at radius 3 is 2.86 bits per heavy atom. The zero-order valence-electron chi connectivity index (χ0n) is 11.5. The molecule has 0 atom stereocenters. The van der Waals surface area contributed by atoms with E-state index in [2.05, 4.69) is 10.3 Å². The lowest BCUT2D eigenvalue weighted by Crippen LogP contribution is -2.48. The summed E-state index contributed by atoms with van der Waals surface area (Å²) in [7, 11) is 0. The summed E-state index contributed by atoms with van der Waals surface area (Å²) in [6, 6.07) is 0. The number of nitrogens with zero attached hydrogens (tertiary/aromatic N) is 2. The van der Waals surface area contributed by atoms with Gasteiger partial charge in [-0.1, -0.05) is 12.8 Å². The van der Waals surface area contributed by atoms with Crippen molar-refractivity contribution in [1.29, 1.82) is 0 Å². The zero-order valence-corrected chi connectivity index (χ0v) is 12.4. The summed E-state index contributed by atoms with van der Waals surface area (Å²) in [4.78, 5) is 28.5. The molecule has 1 aliphatic rings. The third-order valence-electron chi connectivity index (χ3n) is 3.94. The van der Waals surface area contributed by atoms with E-state index in [1.807, 2.05) is 22.2 Å². The third kappa shape index (κ3) is 3.07. The van der Waals surface area contributed by atoms with Crippen LogP contribution in [-0.2, 0) is 16.0 Å². The van der Waals surface area contributed by atoms with Crippen LogP contribution in [0.4, 0.5) is 0 Å². The van der Waals surface area contributed by atoms with Crippen molar-refractivity contribution in [2.45, 2.75) is 44.1 Å². The van der Waals surface area contributed by atoms with Crippen molar-refractivity contribution in [3.05, 3.63) is 23.5 Å². The Morgan fingerprint density at radius 1 is 1.43 bits per heavy atom. The fraction of sp³-hybridized carbons (Fsp3) is 0.500. The van der Waals surface area contributed by atoms with Crippen molar-refractivity contribution in [1.82, 2.24) is 14.7 Å². The normalized spacial score (nSPS) is 17.1. The average Bonchev–Trinajstić information content (AvgIpc) is 3.04. The molecule has 112 valence electrons. The minimum atomic E-state index is -0.861. The standard InChI is InChI=1S/C14H17N3O3S/c18-11(7-10-9-17-5-6-21-13(17)15-10)16-14(8-12(19)20)3-1-2-4-14/h5-6,9H,1-4,7-8H2,(H,16,18)(H,19,20). The molecule has 7 heteroatoms. The largest absolute Gasteiger partial charge is 0.481 e. The molecule has 0 unspecified atom stereocenters. The van der Waals surface area contributed by atoms with Crippen molar-refractivity contribution in [3.8, 4) is 0 Å². The molecule has 0 bridgehead atoms. The first-order valence-corrected chi connectivity index (χ1v) is 7.88. The van der Waals surface area contributed by atoms with Crippen molar-refractivity contribution in [2.24, 2.45) is 0 Å². The summed E-state index contributed by atoms with van der Waals surface area (Å²) in [5.41, 5.74) is 0.142. The molecule has 0 radical (unpaired) electrons. The monoisotopic (exact) mass is 307 g/mol. The molecular formula is C14H17N3O3S. The van der Waals surface area contributed by atoms with Gasteiger partial charge in [-0.3, -0.25) is 14.0 Å². The number of rotatable bonds is 5. The van der Waals surface area contributed by atoms with E-state index in [1.54, 1.807) is 0 Å². The number of thiazole rings is 1. The molecule has 1 fully saturated rings. The molecule has 0 aliphatic heterocycles. The predicted molar refractivity (Wildman–Crippen MR) is 78.4 cm³/mol. The van der Waals surface area contributed by atoms with Crippen LogP contribution in [0.2, 0.25) is 0 Å². The number of carboxylic acid groups (broad SMARTS) is 1. The lowest BCUT2D eigenvalue weighted by atomic mass is 9.93. The minimum Gasteiger partial charge on any atom is -0.481 e. The number of carboxylic acids is 1. The fourth-order valence-corrected chi connectivity index (χ4v) is 3.77. The lowest BCUT2D eigenvalue weighted by Gasteiger charge is -2.28. The quantitative estimate of drug-likeness (QED) is 0.883. The van der Waals surface area contributed by atoms with E-state index >= 15 is 0 Å². The highest BCUT2D eigenvalue weighted by Gasteiger charge is 2.37. The van der Waals surface area contributed by atoms with Gasteiger partial charge in [0.15, 0.2) is 4.96 Å². The van der Waals surface area contributed by atoms with Gasteiger partial charge in [0.05, 0.1) is 24.1 Å². The van der Waals surface area contributed by atoms with Crippen LogP contribution < -0.4 is 5.32 Å². The maximum atomic E-state index is 12.2. The molecule has 3 rings (SSSR count). The van der Waals surface area contributed by atoms with E-state index in [4.69, 9.17) is 5.11 Å². The number of hydrogen-bond donors (Lipinski definition) is 2.